The second kappa shape index (κ2) is 9.70. The largest absolute Gasteiger partial charge is 0.497 e. The number of amides is 3. The van der Waals surface area contributed by atoms with Gasteiger partial charge in [-0.2, -0.15) is 0 Å². The summed E-state index contributed by atoms with van der Waals surface area (Å²) < 4.78 is 30.3. The van der Waals surface area contributed by atoms with Gasteiger partial charge in [0.05, 0.1) is 12.7 Å². The van der Waals surface area contributed by atoms with Crippen LogP contribution in [0.25, 0.3) is 0 Å². The van der Waals surface area contributed by atoms with Crippen LogP contribution in [0.5, 0.6) is 5.75 Å². The van der Waals surface area contributed by atoms with E-state index >= 15 is 0 Å². The molecule has 1 atom stereocenters. The molecule has 1 aliphatic carbocycles. The van der Waals surface area contributed by atoms with Crippen molar-refractivity contribution in [3.63, 3.8) is 0 Å². The van der Waals surface area contributed by atoms with E-state index in [1.165, 1.54) is 25.4 Å². The first-order valence-electron chi connectivity index (χ1n) is 10.0. The van der Waals surface area contributed by atoms with Crippen LogP contribution in [0.1, 0.15) is 40.6 Å². The molecule has 0 saturated heterocycles. The summed E-state index contributed by atoms with van der Waals surface area (Å²) in [5.74, 6) is -2.51. The van der Waals surface area contributed by atoms with Crippen molar-refractivity contribution in [2.24, 2.45) is 5.73 Å². The quantitative estimate of drug-likeness (QED) is 0.529. The Morgan fingerprint density at radius 1 is 1.12 bits per heavy atom. The molecule has 1 aliphatic rings. The molecule has 0 spiro atoms. The van der Waals surface area contributed by atoms with Crippen LogP contribution in [0.2, 0.25) is 0 Å². The molecule has 3 rings (SSSR count). The van der Waals surface area contributed by atoms with E-state index < -0.39 is 38.6 Å². The number of anilines is 2. The molecule has 0 fully saturated rings. The zero-order valence-corrected chi connectivity index (χ0v) is 19.4. The number of nitrogens with two attached hydrogens (primary N) is 1. The Morgan fingerprint density at radius 2 is 1.78 bits per heavy atom. The molecule has 0 radical (unpaired) electrons. The number of nitrogens with one attached hydrogen (secondary N) is 2. The first-order chi connectivity index (χ1) is 15.1. The molecule has 4 N–H and O–H groups in total. The van der Waals surface area contributed by atoms with Gasteiger partial charge in [0.1, 0.15) is 21.8 Å². The van der Waals surface area contributed by atoms with Crippen molar-refractivity contribution in [2.75, 3.05) is 23.5 Å². The number of hydrogen-bond donors (Lipinski definition) is 3. The maximum atomic E-state index is 12.7. The minimum atomic E-state index is -4.11. The number of carbonyl (C=O) groups is 3. The number of hydrogen-bond acceptors (Lipinski definition) is 7. The maximum Gasteiger partial charge on any atom is 0.251 e. The molecule has 1 aromatic heterocycles. The van der Waals surface area contributed by atoms with Gasteiger partial charge < -0.3 is 21.1 Å². The number of thiophene rings is 1. The highest BCUT2D eigenvalue weighted by Crippen LogP contribution is 2.38. The van der Waals surface area contributed by atoms with Crippen LogP contribution < -0.4 is 21.1 Å². The zero-order valence-electron chi connectivity index (χ0n) is 17.8. The molecule has 9 nitrogen and oxygen atoms in total. The highest BCUT2D eigenvalue weighted by Gasteiger charge is 2.32. The minimum Gasteiger partial charge on any atom is -0.497 e. The molecule has 1 heterocycles. The van der Waals surface area contributed by atoms with Gasteiger partial charge in [0.25, 0.3) is 5.91 Å². The minimum absolute atomic E-state index is 0.250. The van der Waals surface area contributed by atoms with Crippen molar-refractivity contribution in [2.45, 2.75) is 37.9 Å². The molecular weight excluding hydrogens is 454 g/mol. The van der Waals surface area contributed by atoms with Crippen LogP contribution in [0.3, 0.4) is 0 Å². The number of benzene rings is 1. The van der Waals surface area contributed by atoms with E-state index in [2.05, 4.69) is 10.6 Å². The molecular formula is C21H25N3O6S2. The van der Waals surface area contributed by atoms with Crippen LogP contribution >= 0.6 is 11.3 Å². The number of ether oxygens (including phenoxy) is 1. The first kappa shape index (κ1) is 23.7. The number of primary amides is 1. The third kappa shape index (κ3) is 5.28. The Bertz CT molecular complexity index is 1140. The van der Waals surface area contributed by atoms with Crippen molar-refractivity contribution in [3.05, 3.63) is 40.3 Å². The van der Waals surface area contributed by atoms with E-state index in [0.29, 0.717) is 17.9 Å². The van der Waals surface area contributed by atoms with Gasteiger partial charge >= 0.3 is 0 Å². The zero-order chi connectivity index (χ0) is 23.5. The molecule has 1 aromatic carbocycles. The second-order valence-electron chi connectivity index (χ2n) is 7.49. The summed E-state index contributed by atoms with van der Waals surface area (Å²) in [4.78, 5) is 37.8. The molecule has 0 aliphatic heterocycles. The van der Waals surface area contributed by atoms with Crippen molar-refractivity contribution in [3.8, 4) is 5.75 Å². The van der Waals surface area contributed by atoms with Gasteiger partial charge in [-0.1, -0.05) is 0 Å². The number of sulfone groups is 1. The molecule has 1 unspecified atom stereocenters. The fourth-order valence-corrected chi connectivity index (χ4v) is 5.84. The Balaban J connectivity index is 1.68. The lowest BCUT2D eigenvalue weighted by Gasteiger charge is -2.14. The van der Waals surface area contributed by atoms with E-state index in [1.54, 1.807) is 24.3 Å². The molecule has 0 bridgehead atoms. The SMILES string of the molecule is COc1ccc(NC(=O)CS(=O)(=O)C(C)C(=O)Nc2sc3c(c2C(N)=O)CCCC3)cc1. The Hall–Kier alpha value is -2.92. The molecule has 3 amide bonds. The van der Waals surface area contributed by atoms with E-state index in [4.69, 9.17) is 10.5 Å². The predicted molar refractivity (Wildman–Crippen MR) is 123 cm³/mol. The summed E-state index contributed by atoms with van der Waals surface area (Å²) in [6.45, 7) is 1.21. The Morgan fingerprint density at radius 3 is 2.41 bits per heavy atom. The monoisotopic (exact) mass is 479 g/mol. The van der Waals surface area contributed by atoms with Gasteiger partial charge in [-0.3, -0.25) is 14.4 Å². The second-order valence-corrected chi connectivity index (χ2v) is 10.9. The molecule has 2 aromatic rings. The highest BCUT2D eigenvalue weighted by atomic mass is 32.2. The lowest BCUT2D eigenvalue weighted by atomic mass is 9.95. The van der Waals surface area contributed by atoms with Crippen LogP contribution in [0.15, 0.2) is 24.3 Å². The standard InChI is InChI=1S/C21H25N3O6S2/c1-12(32(28,29)11-17(25)23-13-7-9-14(30-2)10-8-13)20(27)24-21-18(19(22)26)15-5-3-4-6-16(15)31-21/h7-10,12H,3-6,11H2,1-2H3,(H2,22,26)(H,23,25)(H,24,27). The number of methoxy groups -OCH3 is 1. The van der Waals surface area contributed by atoms with E-state index in [9.17, 15) is 22.8 Å². The van der Waals surface area contributed by atoms with Crippen LogP contribution in [0, 0.1) is 0 Å². The third-order valence-corrected chi connectivity index (χ3v) is 8.43. The summed E-state index contributed by atoms with van der Waals surface area (Å²) in [5.41, 5.74) is 7.00. The number of rotatable bonds is 8. The average molecular weight is 480 g/mol. The molecule has 0 saturated carbocycles. The normalized spacial score (nSPS) is 14.2. The summed E-state index contributed by atoms with van der Waals surface area (Å²) in [7, 11) is -2.60. The van der Waals surface area contributed by atoms with E-state index in [1.807, 2.05) is 0 Å². The molecule has 172 valence electrons. The first-order valence-corrected chi connectivity index (χ1v) is 12.6. The van der Waals surface area contributed by atoms with Crippen LogP contribution in [-0.2, 0) is 32.3 Å². The average Bonchev–Trinajstić information content (AvgIpc) is 3.11. The topological polar surface area (TPSA) is 145 Å². The van der Waals surface area contributed by atoms with Gasteiger partial charge in [0.2, 0.25) is 11.8 Å². The maximum absolute atomic E-state index is 12.7. The van der Waals surface area contributed by atoms with E-state index in [0.717, 1.165) is 29.7 Å². The lowest BCUT2D eigenvalue weighted by molar-refractivity contribution is -0.115. The van der Waals surface area contributed by atoms with Crippen molar-refractivity contribution in [1.82, 2.24) is 0 Å². The summed E-state index contributed by atoms with van der Waals surface area (Å²) in [6.07, 6.45) is 3.38. The smallest absolute Gasteiger partial charge is 0.251 e. The van der Waals surface area contributed by atoms with Crippen molar-refractivity contribution < 1.29 is 27.5 Å². The summed E-state index contributed by atoms with van der Waals surface area (Å²) in [5, 5.41) is 3.80. The molecule has 11 heteroatoms. The number of aryl methyl sites for hydroxylation is 1. The summed E-state index contributed by atoms with van der Waals surface area (Å²) >= 11 is 1.25. The number of fused-ring (bicyclic) bond motifs is 1. The van der Waals surface area contributed by atoms with Crippen molar-refractivity contribution in [1.29, 1.82) is 0 Å². The van der Waals surface area contributed by atoms with Gasteiger partial charge in [0.15, 0.2) is 9.84 Å². The molecule has 32 heavy (non-hydrogen) atoms. The highest BCUT2D eigenvalue weighted by molar-refractivity contribution is 7.93. The Labute approximate surface area is 190 Å². The summed E-state index contributed by atoms with van der Waals surface area (Å²) in [6, 6.07) is 6.39. The van der Waals surface area contributed by atoms with Crippen LogP contribution in [-0.4, -0.2) is 44.3 Å². The van der Waals surface area contributed by atoms with Crippen LogP contribution in [0.4, 0.5) is 10.7 Å². The third-order valence-electron chi connectivity index (χ3n) is 5.27. The van der Waals surface area contributed by atoms with Crippen molar-refractivity contribution >= 4 is 49.6 Å². The van der Waals surface area contributed by atoms with Gasteiger partial charge in [-0.25, -0.2) is 8.42 Å². The van der Waals surface area contributed by atoms with Gasteiger partial charge in [-0.15, -0.1) is 11.3 Å². The Kier molecular flexibility index (Phi) is 7.19. The lowest BCUT2D eigenvalue weighted by Crippen LogP contribution is -2.37. The van der Waals surface area contributed by atoms with E-state index in [-0.39, 0.29) is 10.6 Å². The fourth-order valence-electron chi connectivity index (χ4n) is 3.47. The fraction of sp³-hybridized carbons (Fsp3) is 0.381. The number of carbonyl (C=O) groups excluding carboxylic acids is 3. The van der Waals surface area contributed by atoms with Gasteiger partial charge in [0, 0.05) is 10.6 Å². The predicted octanol–water partition coefficient (Wildman–Crippen LogP) is 2.11. The van der Waals surface area contributed by atoms with Gasteiger partial charge in [-0.05, 0) is 62.4 Å².